The topological polar surface area (TPSA) is 125 Å². The number of carbonyl (C=O) groups is 2. The van der Waals surface area contributed by atoms with Gasteiger partial charge in [-0.05, 0) is 41.5 Å². The van der Waals surface area contributed by atoms with Crippen molar-refractivity contribution in [2.24, 2.45) is 18.7 Å². The lowest BCUT2D eigenvalue weighted by atomic mass is 9.94. The highest BCUT2D eigenvalue weighted by Gasteiger charge is 2.42. The quantitative estimate of drug-likeness (QED) is 0.561. The van der Waals surface area contributed by atoms with Crippen molar-refractivity contribution in [2.45, 2.75) is 19.1 Å². The first kappa shape index (κ1) is 22.7. The molecular weight excluding hydrogens is 458 g/mol. The Labute approximate surface area is 191 Å². The Bertz CT molecular complexity index is 1250. The second kappa shape index (κ2) is 8.83. The Morgan fingerprint density at radius 2 is 2.03 bits per heavy atom. The van der Waals surface area contributed by atoms with Gasteiger partial charge in [0.15, 0.2) is 0 Å². The van der Waals surface area contributed by atoms with Crippen LogP contribution in [0.25, 0.3) is 22.5 Å². The van der Waals surface area contributed by atoms with Crippen molar-refractivity contribution >= 4 is 23.4 Å². The monoisotopic (exact) mass is 476 g/mol. The van der Waals surface area contributed by atoms with Crippen LogP contribution >= 0.6 is 11.6 Å². The first-order valence-corrected chi connectivity index (χ1v) is 10.3. The van der Waals surface area contributed by atoms with E-state index in [2.05, 4.69) is 20.7 Å². The van der Waals surface area contributed by atoms with Gasteiger partial charge in [-0.3, -0.25) is 9.59 Å². The molecule has 1 aliphatic heterocycles. The fourth-order valence-corrected chi connectivity index (χ4v) is 3.84. The lowest BCUT2D eigenvalue weighted by molar-refractivity contribution is -0.168. The van der Waals surface area contributed by atoms with Gasteiger partial charge in [-0.2, -0.15) is 4.80 Å². The maximum absolute atomic E-state index is 15.1. The molecule has 33 heavy (non-hydrogen) atoms. The van der Waals surface area contributed by atoms with Crippen LogP contribution in [-0.2, 0) is 21.4 Å². The van der Waals surface area contributed by atoms with Crippen molar-refractivity contribution in [3.63, 3.8) is 0 Å². The third-order valence-corrected chi connectivity index (χ3v) is 5.58. The normalized spacial score (nSPS) is 18.5. The number of amides is 2. The molecule has 172 valence electrons. The molecule has 1 saturated heterocycles. The first-order chi connectivity index (χ1) is 15.7. The molecule has 2 aromatic carbocycles. The van der Waals surface area contributed by atoms with Gasteiger partial charge >= 0.3 is 0 Å². The molecule has 0 spiro atoms. The Kier molecular flexibility index (Phi) is 6.09. The third kappa shape index (κ3) is 4.41. The zero-order valence-corrected chi connectivity index (χ0v) is 18.3. The van der Waals surface area contributed by atoms with Gasteiger partial charge in [-0.1, -0.05) is 23.7 Å². The molecular formula is C21H19ClF2N6O3. The predicted octanol–water partition coefficient (Wildman–Crippen LogP) is 2.15. The van der Waals surface area contributed by atoms with E-state index in [0.717, 1.165) is 6.07 Å². The summed E-state index contributed by atoms with van der Waals surface area (Å²) in [5.74, 6) is -3.19. The Morgan fingerprint density at radius 3 is 2.61 bits per heavy atom. The molecule has 1 aliphatic rings. The number of ether oxygens (including phenoxy) is 1. The van der Waals surface area contributed by atoms with Crippen molar-refractivity contribution in [2.75, 3.05) is 6.61 Å². The largest absolute Gasteiger partial charge is 0.367 e. The van der Waals surface area contributed by atoms with Crippen LogP contribution in [0.2, 0.25) is 5.02 Å². The van der Waals surface area contributed by atoms with E-state index in [-0.39, 0.29) is 34.1 Å². The standard InChI is InChI=1S/C21H19ClF2N6O3/c1-9(26-21(32)14-8-33-18(14)19(25)31)12-4-3-10(5-15(12)23)13-6-11(22)7-16(24)17(13)20-27-29-30(2)28-20/h3-7,9,14,18H,8H2,1-2H3,(H2,25,31)(H,26,32)/t9-,14?,18?/m1/s1. The fraction of sp³-hybridized carbons (Fsp3) is 0.286. The molecule has 1 fully saturated rings. The number of hydrogen-bond donors (Lipinski definition) is 2. The minimum atomic E-state index is -0.990. The summed E-state index contributed by atoms with van der Waals surface area (Å²) in [5.41, 5.74) is 6.03. The van der Waals surface area contributed by atoms with Gasteiger partial charge in [-0.25, -0.2) is 8.78 Å². The molecule has 2 unspecified atom stereocenters. The fourth-order valence-electron chi connectivity index (χ4n) is 3.64. The minimum absolute atomic E-state index is 0.0264. The van der Waals surface area contributed by atoms with E-state index >= 15 is 4.39 Å². The highest BCUT2D eigenvalue weighted by atomic mass is 35.5. The van der Waals surface area contributed by atoms with E-state index in [1.165, 1.54) is 30.0 Å². The van der Waals surface area contributed by atoms with Crippen LogP contribution in [0.4, 0.5) is 8.78 Å². The molecule has 12 heteroatoms. The average molecular weight is 477 g/mol. The van der Waals surface area contributed by atoms with Crippen LogP contribution in [0.5, 0.6) is 0 Å². The number of aryl methyl sites for hydroxylation is 1. The molecule has 3 atom stereocenters. The van der Waals surface area contributed by atoms with Gasteiger partial charge < -0.3 is 15.8 Å². The van der Waals surface area contributed by atoms with Crippen LogP contribution in [0.1, 0.15) is 18.5 Å². The lowest BCUT2D eigenvalue weighted by Crippen LogP contribution is -2.55. The van der Waals surface area contributed by atoms with Crippen LogP contribution in [0.3, 0.4) is 0 Å². The summed E-state index contributed by atoms with van der Waals surface area (Å²) in [7, 11) is 1.54. The van der Waals surface area contributed by atoms with Gasteiger partial charge in [0.2, 0.25) is 17.6 Å². The zero-order valence-electron chi connectivity index (χ0n) is 17.6. The second-order valence-electron chi connectivity index (χ2n) is 7.64. The maximum atomic E-state index is 15.1. The summed E-state index contributed by atoms with van der Waals surface area (Å²) < 4.78 is 34.8. The van der Waals surface area contributed by atoms with Crippen molar-refractivity contribution < 1.29 is 23.1 Å². The van der Waals surface area contributed by atoms with Crippen LogP contribution in [0, 0.1) is 17.6 Å². The molecule has 0 bridgehead atoms. The minimum Gasteiger partial charge on any atom is -0.367 e. The van der Waals surface area contributed by atoms with E-state index in [1.54, 1.807) is 13.0 Å². The van der Waals surface area contributed by atoms with Crippen molar-refractivity contribution in [1.29, 1.82) is 0 Å². The Morgan fingerprint density at radius 1 is 1.27 bits per heavy atom. The van der Waals surface area contributed by atoms with Crippen molar-refractivity contribution in [3.8, 4) is 22.5 Å². The summed E-state index contributed by atoms with van der Waals surface area (Å²) in [6, 6.07) is 6.15. The number of primary amides is 1. The summed E-state index contributed by atoms with van der Waals surface area (Å²) in [6.07, 6.45) is -0.990. The van der Waals surface area contributed by atoms with Crippen LogP contribution < -0.4 is 11.1 Å². The zero-order chi connectivity index (χ0) is 23.9. The molecule has 0 aliphatic carbocycles. The average Bonchev–Trinajstić information content (AvgIpc) is 3.11. The molecule has 2 amide bonds. The van der Waals surface area contributed by atoms with E-state index in [1.807, 2.05) is 0 Å². The highest BCUT2D eigenvalue weighted by Crippen LogP contribution is 2.36. The van der Waals surface area contributed by atoms with Gasteiger partial charge in [0.05, 0.1) is 31.2 Å². The van der Waals surface area contributed by atoms with E-state index in [9.17, 15) is 14.0 Å². The number of carbonyl (C=O) groups excluding carboxylic acids is 2. The van der Waals surface area contributed by atoms with E-state index in [0.29, 0.717) is 5.56 Å². The molecule has 0 radical (unpaired) electrons. The van der Waals surface area contributed by atoms with E-state index < -0.39 is 41.5 Å². The first-order valence-electron chi connectivity index (χ1n) is 9.90. The lowest BCUT2D eigenvalue weighted by Gasteiger charge is -2.34. The SMILES string of the molecule is C[C@@H](NC(=O)C1COC1C(N)=O)c1ccc(-c2cc(Cl)cc(F)c2-c2nnn(C)n2)cc1F. The van der Waals surface area contributed by atoms with Gasteiger partial charge in [-0.15, -0.1) is 10.2 Å². The summed E-state index contributed by atoms with van der Waals surface area (Å²) in [4.78, 5) is 24.8. The summed E-state index contributed by atoms with van der Waals surface area (Å²) in [5, 5.41) is 14.4. The van der Waals surface area contributed by atoms with Crippen LogP contribution in [-0.4, -0.2) is 44.7 Å². The third-order valence-electron chi connectivity index (χ3n) is 5.36. The predicted molar refractivity (Wildman–Crippen MR) is 114 cm³/mol. The molecule has 4 rings (SSSR count). The molecule has 3 N–H and O–H groups in total. The Hall–Kier alpha value is -3.44. The molecule has 0 saturated carbocycles. The number of benzene rings is 2. The van der Waals surface area contributed by atoms with Gasteiger partial charge in [0.25, 0.3) is 0 Å². The van der Waals surface area contributed by atoms with Gasteiger partial charge in [0.1, 0.15) is 17.7 Å². The number of hydrogen-bond acceptors (Lipinski definition) is 6. The second-order valence-corrected chi connectivity index (χ2v) is 8.08. The number of halogens is 3. The molecule has 9 nitrogen and oxygen atoms in total. The summed E-state index contributed by atoms with van der Waals surface area (Å²) >= 11 is 6.04. The molecule has 3 aromatic rings. The number of tetrazole rings is 1. The number of nitrogens with one attached hydrogen (secondary N) is 1. The maximum Gasteiger partial charge on any atom is 0.247 e. The Balaban J connectivity index is 1.62. The van der Waals surface area contributed by atoms with Crippen molar-refractivity contribution in [1.82, 2.24) is 25.5 Å². The van der Waals surface area contributed by atoms with Crippen molar-refractivity contribution in [3.05, 3.63) is 52.6 Å². The van der Waals surface area contributed by atoms with Gasteiger partial charge in [0, 0.05) is 10.6 Å². The number of nitrogens with two attached hydrogens (primary N) is 1. The van der Waals surface area contributed by atoms with E-state index in [4.69, 9.17) is 22.1 Å². The molecule has 1 aromatic heterocycles. The van der Waals surface area contributed by atoms with Crippen LogP contribution in [0.15, 0.2) is 30.3 Å². The molecule has 2 heterocycles. The highest BCUT2D eigenvalue weighted by molar-refractivity contribution is 6.31. The number of rotatable bonds is 6. The summed E-state index contributed by atoms with van der Waals surface area (Å²) in [6.45, 7) is 1.66. The smallest absolute Gasteiger partial charge is 0.247 e. The number of aromatic nitrogens is 4. The number of nitrogens with zero attached hydrogens (tertiary/aromatic N) is 4.